The Kier molecular flexibility index (Phi) is 7.64. The number of carbonyl (C=O) groups excluding carboxylic acids is 1. The average molecular weight is 430 g/mol. The van der Waals surface area contributed by atoms with Crippen LogP contribution < -0.4 is 10.0 Å². The van der Waals surface area contributed by atoms with Gasteiger partial charge in [0.15, 0.2) is 0 Å². The molecular formula is C23H31N3O3S. The van der Waals surface area contributed by atoms with Crippen LogP contribution in [-0.2, 0) is 16.4 Å². The highest BCUT2D eigenvalue weighted by Gasteiger charge is 2.28. The quantitative estimate of drug-likeness (QED) is 0.576. The summed E-state index contributed by atoms with van der Waals surface area (Å²) in [5.74, 6) is -0.260. The van der Waals surface area contributed by atoms with E-state index in [9.17, 15) is 13.2 Å². The third-order valence-corrected chi connectivity index (χ3v) is 6.97. The van der Waals surface area contributed by atoms with E-state index in [-0.39, 0.29) is 22.9 Å². The molecule has 2 N–H and O–H groups in total. The van der Waals surface area contributed by atoms with Gasteiger partial charge in [0.1, 0.15) is 0 Å². The standard InChI is InChI=1S/C23H31N3O3S/c1-3-26(4-2)21(15-18-9-6-5-7-10-18)17-24-23(27)19-11-8-12-22(16-19)30(28,29)25-20-13-14-20/h5-12,16,20-21,25H,3-4,13-15,17H2,1-2H3,(H,24,27). The third kappa shape index (κ3) is 6.14. The minimum atomic E-state index is -3.58. The van der Waals surface area contributed by atoms with Gasteiger partial charge in [0.2, 0.25) is 10.0 Å². The van der Waals surface area contributed by atoms with Crippen molar-refractivity contribution in [1.29, 1.82) is 0 Å². The summed E-state index contributed by atoms with van der Waals surface area (Å²) in [4.78, 5) is 15.2. The van der Waals surface area contributed by atoms with Crippen LogP contribution in [0.15, 0.2) is 59.5 Å². The molecule has 3 rings (SSSR count). The Hall–Kier alpha value is -2.22. The molecule has 7 heteroatoms. The maximum atomic E-state index is 12.8. The average Bonchev–Trinajstić information content (AvgIpc) is 3.56. The first-order valence-corrected chi connectivity index (χ1v) is 12.1. The van der Waals surface area contributed by atoms with Gasteiger partial charge in [-0.15, -0.1) is 0 Å². The van der Waals surface area contributed by atoms with Gasteiger partial charge in [-0.05, 0) is 56.1 Å². The van der Waals surface area contributed by atoms with Crippen molar-refractivity contribution >= 4 is 15.9 Å². The molecule has 2 aromatic carbocycles. The van der Waals surface area contributed by atoms with Crippen molar-refractivity contribution in [1.82, 2.24) is 14.9 Å². The Bertz CT molecular complexity index is 939. The molecule has 0 saturated heterocycles. The van der Waals surface area contributed by atoms with Gasteiger partial charge >= 0.3 is 0 Å². The van der Waals surface area contributed by atoms with E-state index >= 15 is 0 Å². The maximum absolute atomic E-state index is 12.8. The van der Waals surface area contributed by atoms with E-state index in [0.717, 1.165) is 32.4 Å². The monoisotopic (exact) mass is 429 g/mol. The van der Waals surface area contributed by atoms with Gasteiger partial charge in [-0.25, -0.2) is 13.1 Å². The third-order valence-electron chi connectivity index (χ3n) is 5.45. The van der Waals surface area contributed by atoms with Crippen molar-refractivity contribution in [3.63, 3.8) is 0 Å². The van der Waals surface area contributed by atoms with Gasteiger partial charge in [0.25, 0.3) is 5.91 Å². The summed E-state index contributed by atoms with van der Waals surface area (Å²) >= 11 is 0. The lowest BCUT2D eigenvalue weighted by Gasteiger charge is -2.30. The molecule has 0 spiro atoms. The lowest BCUT2D eigenvalue weighted by Crippen LogP contribution is -2.45. The highest BCUT2D eigenvalue weighted by molar-refractivity contribution is 7.89. The first-order valence-electron chi connectivity index (χ1n) is 10.6. The smallest absolute Gasteiger partial charge is 0.251 e. The molecule has 2 aromatic rings. The summed E-state index contributed by atoms with van der Waals surface area (Å²) < 4.78 is 27.5. The molecule has 30 heavy (non-hydrogen) atoms. The normalized spacial score (nSPS) is 15.2. The molecule has 1 aliphatic rings. The fourth-order valence-electron chi connectivity index (χ4n) is 3.56. The Balaban J connectivity index is 1.68. The molecule has 1 atom stereocenters. The molecule has 1 unspecified atom stereocenters. The van der Waals surface area contributed by atoms with Crippen LogP contribution in [0.3, 0.4) is 0 Å². The largest absolute Gasteiger partial charge is 0.350 e. The molecule has 1 fully saturated rings. The van der Waals surface area contributed by atoms with Crippen molar-refractivity contribution < 1.29 is 13.2 Å². The molecular weight excluding hydrogens is 398 g/mol. The van der Waals surface area contributed by atoms with Crippen LogP contribution in [0.25, 0.3) is 0 Å². The number of carbonyl (C=O) groups is 1. The number of nitrogens with zero attached hydrogens (tertiary/aromatic N) is 1. The van der Waals surface area contributed by atoms with Crippen LogP contribution in [0.1, 0.15) is 42.6 Å². The Morgan fingerprint density at radius 3 is 2.40 bits per heavy atom. The van der Waals surface area contributed by atoms with Crippen molar-refractivity contribution in [3.8, 4) is 0 Å². The molecule has 0 heterocycles. The summed E-state index contributed by atoms with van der Waals surface area (Å²) in [5.41, 5.74) is 1.58. The first kappa shape index (κ1) is 22.5. The predicted molar refractivity (Wildman–Crippen MR) is 119 cm³/mol. The predicted octanol–water partition coefficient (Wildman–Crippen LogP) is 2.81. The van der Waals surface area contributed by atoms with Crippen LogP contribution in [0.4, 0.5) is 0 Å². The summed E-state index contributed by atoms with van der Waals surface area (Å²) in [7, 11) is -3.58. The van der Waals surface area contributed by atoms with E-state index in [1.54, 1.807) is 12.1 Å². The lowest BCUT2D eigenvalue weighted by molar-refractivity contribution is 0.0934. The fourth-order valence-corrected chi connectivity index (χ4v) is 4.91. The number of likely N-dealkylation sites (N-methyl/N-ethyl adjacent to an activating group) is 1. The van der Waals surface area contributed by atoms with Crippen LogP contribution in [0, 0.1) is 0 Å². The van der Waals surface area contributed by atoms with Crippen molar-refractivity contribution in [2.24, 2.45) is 0 Å². The molecule has 6 nitrogen and oxygen atoms in total. The number of amides is 1. The zero-order valence-corrected chi connectivity index (χ0v) is 18.5. The molecule has 1 saturated carbocycles. The maximum Gasteiger partial charge on any atom is 0.251 e. The van der Waals surface area contributed by atoms with E-state index in [1.807, 2.05) is 18.2 Å². The van der Waals surface area contributed by atoms with Gasteiger partial charge in [0.05, 0.1) is 4.90 Å². The van der Waals surface area contributed by atoms with E-state index in [2.05, 4.69) is 40.9 Å². The van der Waals surface area contributed by atoms with Gasteiger partial charge in [0, 0.05) is 24.2 Å². The Morgan fingerprint density at radius 2 is 1.77 bits per heavy atom. The first-order chi connectivity index (χ1) is 14.4. The molecule has 1 aliphatic carbocycles. The molecule has 162 valence electrons. The zero-order valence-electron chi connectivity index (χ0n) is 17.7. The van der Waals surface area contributed by atoms with Gasteiger partial charge < -0.3 is 5.32 Å². The topological polar surface area (TPSA) is 78.5 Å². The van der Waals surface area contributed by atoms with E-state index < -0.39 is 10.0 Å². The number of sulfonamides is 1. The summed E-state index contributed by atoms with van der Waals surface area (Å²) in [6, 6.07) is 16.7. The second-order valence-electron chi connectivity index (χ2n) is 7.70. The second kappa shape index (κ2) is 10.2. The van der Waals surface area contributed by atoms with Crippen LogP contribution in [0.2, 0.25) is 0 Å². The second-order valence-corrected chi connectivity index (χ2v) is 9.41. The summed E-state index contributed by atoms with van der Waals surface area (Å²) in [6.07, 6.45) is 2.57. The minimum Gasteiger partial charge on any atom is -0.350 e. The highest BCUT2D eigenvalue weighted by atomic mass is 32.2. The molecule has 1 amide bonds. The molecule has 0 radical (unpaired) electrons. The van der Waals surface area contributed by atoms with Crippen LogP contribution in [-0.4, -0.2) is 50.9 Å². The molecule has 0 aliphatic heterocycles. The number of nitrogens with one attached hydrogen (secondary N) is 2. The van der Waals surface area contributed by atoms with Gasteiger partial charge in [-0.1, -0.05) is 50.2 Å². The van der Waals surface area contributed by atoms with Crippen molar-refractivity contribution in [2.45, 2.75) is 50.1 Å². The number of hydrogen-bond acceptors (Lipinski definition) is 4. The number of hydrogen-bond donors (Lipinski definition) is 2. The zero-order chi connectivity index (χ0) is 21.6. The van der Waals surface area contributed by atoms with Crippen LogP contribution >= 0.6 is 0 Å². The fraction of sp³-hybridized carbons (Fsp3) is 0.435. The summed E-state index contributed by atoms with van der Waals surface area (Å²) in [5, 5.41) is 3.00. The van der Waals surface area contributed by atoms with E-state index in [1.165, 1.54) is 17.7 Å². The van der Waals surface area contributed by atoms with E-state index in [0.29, 0.717) is 12.1 Å². The Labute approximate surface area is 179 Å². The Morgan fingerprint density at radius 1 is 1.07 bits per heavy atom. The molecule has 0 aromatic heterocycles. The summed E-state index contributed by atoms with van der Waals surface area (Å²) in [6.45, 7) is 6.51. The number of benzene rings is 2. The SMILES string of the molecule is CCN(CC)C(CNC(=O)c1cccc(S(=O)(=O)NC2CC2)c1)Cc1ccccc1. The van der Waals surface area contributed by atoms with Crippen molar-refractivity contribution in [3.05, 3.63) is 65.7 Å². The van der Waals surface area contributed by atoms with Gasteiger partial charge in [-0.3, -0.25) is 9.69 Å². The highest BCUT2D eigenvalue weighted by Crippen LogP contribution is 2.22. The number of rotatable bonds is 11. The van der Waals surface area contributed by atoms with Gasteiger partial charge in [-0.2, -0.15) is 0 Å². The van der Waals surface area contributed by atoms with E-state index in [4.69, 9.17) is 0 Å². The van der Waals surface area contributed by atoms with Crippen molar-refractivity contribution in [2.75, 3.05) is 19.6 Å². The minimum absolute atomic E-state index is 0.0281. The van der Waals surface area contributed by atoms with Crippen LogP contribution in [0.5, 0.6) is 0 Å². The molecule has 0 bridgehead atoms. The lowest BCUT2D eigenvalue weighted by atomic mass is 10.0.